The van der Waals surface area contributed by atoms with E-state index in [1.165, 1.54) is 0 Å². The van der Waals surface area contributed by atoms with Crippen molar-refractivity contribution in [1.82, 2.24) is 19.6 Å². The lowest BCUT2D eigenvalue weighted by atomic mass is 10.1. The number of benzene rings is 2. The van der Waals surface area contributed by atoms with Crippen LogP contribution in [0.25, 0.3) is 5.78 Å². The van der Waals surface area contributed by atoms with Crippen molar-refractivity contribution >= 4 is 17.4 Å². The van der Waals surface area contributed by atoms with E-state index in [0.717, 1.165) is 10.1 Å². The summed E-state index contributed by atoms with van der Waals surface area (Å²) in [5.41, 5.74) is 3.31. The first-order valence-corrected chi connectivity index (χ1v) is 10.6. The number of carbonyl (C=O) groups is 1. The van der Waals surface area contributed by atoms with E-state index < -0.39 is 12.0 Å². The third-order valence-corrected chi connectivity index (χ3v) is 5.29. The molecule has 7 nitrogen and oxygen atoms in total. The average Bonchev–Trinajstić information content (AvgIpc) is 3.24. The lowest BCUT2D eigenvalue weighted by Crippen LogP contribution is -2.14. The van der Waals surface area contributed by atoms with Crippen LogP contribution in [-0.2, 0) is 24.0 Å². The second-order valence-corrected chi connectivity index (χ2v) is 7.75. The molecule has 0 unspecified atom stereocenters. The summed E-state index contributed by atoms with van der Waals surface area (Å²) in [6, 6.07) is 16.8. The molecule has 0 aliphatic rings. The number of ether oxygens (including phenoxy) is 1. The van der Waals surface area contributed by atoms with E-state index in [1.807, 2.05) is 30.3 Å². The Bertz CT molecular complexity index is 1300. The molecule has 1 amide bonds. The Balaban J connectivity index is 1.36. The Kier molecular flexibility index (Phi) is 6.49. The van der Waals surface area contributed by atoms with Crippen LogP contribution in [0.15, 0.2) is 54.6 Å². The minimum Gasteiger partial charge on any atom is -0.489 e. The van der Waals surface area contributed by atoms with Crippen molar-refractivity contribution in [3.8, 4) is 5.75 Å². The number of fused-ring (bicyclic) bond motifs is 1. The number of hydrogen-bond acceptors (Lipinski definition) is 5. The van der Waals surface area contributed by atoms with Crippen molar-refractivity contribution in [3.05, 3.63) is 82.9 Å². The van der Waals surface area contributed by atoms with Crippen LogP contribution in [0.1, 0.15) is 34.8 Å². The fourth-order valence-corrected chi connectivity index (χ4v) is 3.53. The number of nitrogens with one attached hydrogen (secondary N) is 1. The smallest absolute Gasteiger partial charge is 0.453 e. The van der Waals surface area contributed by atoms with Gasteiger partial charge in [-0.1, -0.05) is 30.3 Å². The number of aromatic nitrogens is 4. The van der Waals surface area contributed by atoms with Gasteiger partial charge in [-0.3, -0.25) is 4.79 Å². The standard InChI is InChI=1S/C24H22F3N5O2/c1-15-20(16(2)32-23(28-15)30-22(31-32)24(25,26)27)12-13-21(33)29-18-8-10-19(11-9-18)34-14-17-6-4-3-5-7-17/h3-11H,12-14H2,1-2H3,(H,29,33). The zero-order valence-electron chi connectivity index (χ0n) is 18.6. The maximum Gasteiger partial charge on any atom is 0.453 e. The number of amides is 1. The molecule has 4 rings (SSSR count). The second kappa shape index (κ2) is 9.50. The Morgan fingerprint density at radius 1 is 1.03 bits per heavy atom. The predicted octanol–water partition coefficient (Wildman–Crippen LogP) is 4.91. The van der Waals surface area contributed by atoms with Gasteiger partial charge in [0.25, 0.3) is 11.6 Å². The zero-order valence-corrected chi connectivity index (χ0v) is 18.6. The van der Waals surface area contributed by atoms with Gasteiger partial charge in [-0.05, 0) is 55.7 Å². The molecule has 0 fully saturated rings. The first-order chi connectivity index (χ1) is 16.2. The summed E-state index contributed by atoms with van der Waals surface area (Å²) in [6.45, 7) is 3.76. The Labute approximate surface area is 193 Å². The summed E-state index contributed by atoms with van der Waals surface area (Å²) in [4.78, 5) is 20.0. The molecule has 0 radical (unpaired) electrons. The summed E-state index contributed by atoms with van der Waals surface area (Å²) < 4.78 is 45.6. The number of halogens is 3. The van der Waals surface area contributed by atoms with Crippen LogP contribution in [0.5, 0.6) is 5.75 Å². The second-order valence-electron chi connectivity index (χ2n) is 7.75. The zero-order chi connectivity index (χ0) is 24.3. The van der Waals surface area contributed by atoms with Crippen molar-refractivity contribution in [2.45, 2.75) is 39.5 Å². The lowest BCUT2D eigenvalue weighted by molar-refractivity contribution is -0.144. The number of alkyl halides is 3. The number of anilines is 1. The molecule has 10 heteroatoms. The molecule has 2 heterocycles. The molecule has 0 aliphatic carbocycles. The summed E-state index contributed by atoms with van der Waals surface area (Å²) in [5, 5.41) is 6.34. The first-order valence-electron chi connectivity index (χ1n) is 10.6. The summed E-state index contributed by atoms with van der Waals surface area (Å²) in [5.74, 6) is -0.913. The number of hydrogen-bond donors (Lipinski definition) is 1. The van der Waals surface area contributed by atoms with E-state index in [-0.39, 0.29) is 18.1 Å². The monoisotopic (exact) mass is 469 g/mol. The normalized spacial score (nSPS) is 11.6. The van der Waals surface area contributed by atoms with Gasteiger partial charge in [0.1, 0.15) is 12.4 Å². The van der Waals surface area contributed by atoms with Crippen molar-refractivity contribution in [3.63, 3.8) is 0 Å². The number of carbonyl (C=O) groups excluding carboxylic acids is 1. The van der Waals surface area contributed by atoms with E-state index in [1.54, 1.807) is 38.1 Å². The molecule has 2 aromatic heterocycles. The minimum absolute atomic E-state index is 0.120. The van der Waals surface area contributed by atoms with Crippen LogP contribution in [0, 0.1) is 13.8 Å². The van der Waals surface area contributed by atoms with Gasteiger partial charge < -0.3 is 10.1 Å². The first kappa shape index (κ1) is 23.2. The third kappa shape index (κ3) is 5.33. The fraction of sp³-hybridized carbons (Fsp3) is 0.250. The van der Waals surface area contributed by atoms with E-state index in [9.17, 15) is 18.0 Å². The average molecular weight is 469 g/mol. The van der Waals surface area contributed by atoms with Crippen LogP contribution >= 0.6 is 0 Å². The molecule has 0 aliphatic heterocycles. The van der Waals surface area contributed by atoms with Crippen molar-refractivity contribution in [1.29, 1.82) is 0 Å². The van der Waals surface area contributed by atoms with E-state index in [2.05, 4.69) is 20.4 Å². The topological polar surface area (TPSA) is 81.4 Å². The molecule has 4 aromatic rings. The molecule has 2 aromatic carbocycles. The maximum absolute atomic E-state index is 12.9. The van der Waals surface area contributed by atoms with Crippen molar-refractivity contribution < 1.29 is 22.7 Å². The number of rotatable bonds is 7. The fourth-order valence-electron chi connectivity index (χ4n) is 3.53. The molecule has 0 atom stereocenters. The number of aryl methyl sites for hydroxylation is 2. The SMILES string of the molecule is Cc1nc2nc(C(F)(F)F)nn2c(C)c1CCC(=O)Nc1ccc(OCc2ccccc2)cc1. The van der Waals surface area contributed by atoms with Gasteiger partial charge in [0, 0.05) is 23.5 Å². The summed E-state index contributed by atoms with van der Waals surface area (Å²) in [6.07, 6.45) is -4.23. The van der Waals surface area contributed by atoms with Crippen LogP contribution in [0.2, 0.25) is 0 Å². The third-order valence-electron chi connectivity index (χ3n) is 5.29. The molecular weight excluding hydrogens is 447 g/mol. The van der Waals surface area contributed by atoms with Crippen LogP contribution in [0.4, 0.5) is 18.9 Å². The Hall–Kier alpha value is -3.95. The molecule has 0 spiro atoms. The van der Waals surface area contributed by atoms with Crippen molar-refractivity contribution in [2.24, 2.45) is 0 Å². The molecule has 0 saturated carbocycles. The Morgan fingerprint density at radius 3 is 2.41 bits per heavy atom. The highest BCUT2D eigenvalue weighted by atomic mass is 19.4. The quantitative estimate of drug-likeness (QED) is 0.416. The van der Waals surface area contributed by atoms with Gasteiger partial charge in [-0.25, -0.2) is 9.50 Å². The Morgan fingerprint density at radius 2 is 1.74 bits per heavy atom. The van der Waals surface area contributed by atoms with Gasteiger partial charge in [-0.15, -0.1) is 5.10 Å². The van der Waals surface area contributed by atoms with Gasteiger partial charge in [0.2, 0.25) is 5.91 Å². The van der Waals surface area contributed by atoms with Crippen molar-refractivity contribution in [2.75, 3.05) is 5.32 Å². The molecular formula is C24H22F3N5O2. The largest absolute Gasteiger partial charge is 0.489 e. The van der Waals surface area contributed by atoms with E-state index in [0.29, 0.717) is 41.4 Å². The highest BCUT2D eigenvalue weighted by Crippen LogP contribution is 2.27. The summed E-state index contributed by atoms with van der Waals surface area (Å²) in [7, 11) is 0. The highest BCUT2D eigenvalue weighted by Gasteiger charge is 2.37. The van der Waals surface area contributed by atoms with E-state index in [4.69, 9.17) is 4.74 Å². The van der Waals surface area contributed by atoms with Crippen LogP contribution in [0.3, 0.4) is 0 Å². The molecule has 0 saturated heterocycles. The van der Waals surface area contributed by atoms with Gasteiger partial charge >= 0.3 is 6.18 Å². The van der Waals surface area contributed by atoms with Crippen LogP contribution < -0.4 is 10.1 Å². The molecule has 0 bridgehead atoms. The molecule has 34 heavy (non-hydrogen) atoms. The molecule has 176 valence electrons. The maximum atomic E-state index is 12.9. The lowest BCUT2D eigenvalue weighted by Gasteiger charge is -2.11. The van der Waals surface area contributed by atoms with Gasteiger partial charge in [0.15, 0.2) is 0 Å². The highest BCUT2D eigenvalue weighted by molar-refractivity contribution is 5.90. The number of nitrogens with zero attached hydrogens (tertiary/aromatic N) is 4. The van der Waals surface area contributed by atoms with Gasteiger partial charge in [0.05, 0.1) is 0 Å². The summed E-state index contributed by atoms with van der Waals surface area (Å²) >= 11 is 0. The minimum atomic E-state index is -4.66. The van der Waals surface area contributed by atoms with Gasteiger partial charge in [-0.2, -0.15) is 18.2 Å². The predicted molar refractivity (Wildman–Crippen MR) is 119 cm³/mol. The molecule has 1 N–H and O–H groups in total. The van der Waals surface area contributed by atoms with Crippen LogP contribution in [-0.4, -0.2) is 25.5 Å². The van der Waals surface area contributed by atoms with E-state index >= 15 is 0 Å².